The molecule has 5 rings (SSSR count). The monoisotopic (exact) mass is 582 g/mol. The lowest BCUT2D eigenvalue weighted by molar-refractivity contribution is -0.274. The van der Waals surface area contributed by atoms with E-state index in [0.29, 0.717) is 19.4 Å². The number of hydrogen-bond acceptors (Lipinski definition) is 8. The number of piperidine rings is 1. The molecule has 0 spiro atoms. The second kappa shape index (κ2) is 10.4. The number of β-amino-alcohol motifs (C(OH)–C–C–N with tert-alkyl or cyclic N) is 1. The lowest BCUT2D eigenvalue weighted by Crippen LogP contribution is -2.46. The van der Waals surface area contributed by atoms with Gasteiger partial charge in [-0.15, -0.1) is 13.2 Å². The molecule has 2 heterocycles. The van der Waals surface area contributed by atoms with Gasteiger partial charge in [0, 0.05) is 36.0 Å². The second-order valence-electron chi connectivity index (χ2n) is 11.6. The largest absolute Gasteiger partial charge is 0.573 e. The molecule has 0 radical (unpaired) electrons. The summed E-state index contributed by atoms with van der Waals surface area (Å²) in [4.78, 5) is 12.4. The molecule has 1 aromatic heterocycles. The van der Waals surface area contributed by atoms with Gasteiger partial charge in [-0.05, 0) is 71.0 Å². The van der Waals surface area contributed by atoms with Crippen molar-refractivity contribution in [2.75, 3.05) is 45.2 Å². The van der Waals surface area contributed by atoms with Crippen LogP contribution < -0.4 is 14.4 Å². The Hall–Kier alpha value is -3.45. The maximum atomic E-state index is 16.2. The summed E-state index contributed by atoms with van der Waals surface area (Å²) in [5.74, 6) is -3.77. The molecule has 3 aromatic rings. The fourth-order valence-electron chi connectivity index (χ4n) is 5.45. The van der Waals surface area contributed by atoms with E-state index in [2.05, 4.69) is 14.7 Å². The Morgan fingerprint density at radius 3 is 2.46 bits per heavy atom. The Balaban J connectivity index is 1.65. The average molecular weight is 583 g/mol. The standard InChI is InChI=1S/C28H31F5N4O4/c1-26(39)7-4-10-37(13-26)24-18-12-19(29)21(17-11-16(38)5-6-20(17)41-28(31,32)33)22(30)23(18)34-25(35-24)40-15-27(8-9-27)14-36(2)3/h5-6,11-12,38-39H,4,7-10,13-15H2,1-3H3. The van der Waals surface area contributed by atoms with Crippen LogP contribution in [-0.4, -0.2) is 77.4 Å². The third-order valence-electron chi connectivity index (χ3n) is 7.39. The zero-order valence-electron chi connectivity index (χ0n) is 22.9. The van der Waals surface area contributed by atoms with E-state index in [1.54, 1.807) is 11.8 Å². The molecule has 1 saturated carbocycles. The molecule has 0 bridgehead atoms. The quantitative estimate of drug-likeness (QED) is 0.348. The summed E-state index contributed by atoms with van der Waals surface area (Å²) in [6.45, 7) is 3.23. The maximum absolute atomic E-state index is 16.2. The van der Waals surface area contributed by atoms with Crippen LogP contribution in [0, 0.1) is 17.0 Å². The number of phenolic OH excluding ortho intramolecular Hbond substituents is 1. The van der Waals surface area contributed by atoms with Crippen LogP contribution in [0.4, 0.5) is 27.8 Å². The number of ether oxygens (including phenoxy) is 2. The molecule has 1 atom stereocenters. The molecule has 1 unspecified atom stereocenters. The number of alkyl halides is 3. The van der Waals surface area contributed by atoms with E-state index in [1.807, 2.05) is 19.0 Å². The van der Waals surface area contributed by atoms with E-state index in [-0.39, 0.29) is 41.3 Å². The zero-order chi connectivity index (χ0) is 29.7. The van der Waals surface area contributed by atoms with Crippen LogP contribution in [-0.2, 0) is 0 Å². The lowest BCUT2D eigenvalue weighted by atomic mass is 9.94. The Morgan fingerprint density at radius 2 is 1.83 bits per heavy atom. The average Bonchev–Trinajstić information content (AvgIpc) is 3.61. The first kappa shape index (κ1) is 29.1. The summed E-state index contributed by atoms with van der Waals surface area (Å²) in [5, 5.41) is 20.6. The summed E-state index contributed by atoms with van der Waals surface area (Å²) in [6, 6.07) is 3.23. The van der Waals surface area contributed by atoms with Gasteiger partial charge in [0.2, 0.25) is 0 Å². The number of phenols is 1. The van der Waals surface area contributed by atoms with Crippen molar-refractivity contribution in [3.63, 3.8) is 0 Å². The molecule has 1 aliphatic carbocycles. The molecular weight excluding hydrogens is 551 g/mol. The van der Waals surface area contributed by atoms with E-state index in [4.69, 9.17) is 4.74 Å². The van der Waals surface area contributed by atoms with Crippen molar-refractivity contribution in [3.8, 4) is 28.6 Å². The van der Waals surface area contributed by atoms with Crippen LogP contribution in [0.1, 0.15) is 32.6 Å². The van der Waals surface area contributed by atoms with Crippen LogP contribution in [0.2, 0.25) is 0 Å². The van der Waals surface area contributed by atoms with E-state index < -0.39 is 46.2 Å². The third kappa shape index (κ3) is 6.40. The summed E-state index contributed by atoms with van der Waals surface area (Å²) in [6.07, 6.45) is -2.20. The number of anilines is 1. The van der Waals surface area contributed by atoms with Crippen LogP contribution in [0.15, 0.2) is 24.3 Å². The summed E-state index contributed by atoms with van der Waals surface area (Å²) in [7, 11) is 3.88. The van der Waals surface area contributed by atoms with Gasteiger partial charge in [0.25, 0.3) is 0 Å². The molecule has 41 heavy (non-hydrogen) atoms. The van der Waals surface area contributed by atoms with Gasteiger partial charge in [0.1, 0.15) is 28.7 Å². The molecule has 2 N–H and O–H groups in total. The van der Waals surface area contributed by atoms with Gasteiger partial charge in [0.05, 0.1) is 17.8 Å². The topological polar surface area (TPSA) is 91.2 Å². The van der Waals surface area contributed by atoms with E-state index >= 15 is 8.78 Å². The van der Waals surface area contributed by atoms with Gasteiger partial charge in [-0.25, -0.2) is 8.78 Å². The van der Waals surface area contributed by atoms with Gasteiger partial charge >= 0.3 is 12.4 Å². The molecule has 0 amide bonds. The Bertz CT molecular complexity index is 1460. The minimum atomic E-state index is -5.15. The normalized spacial score (nSPS) is 20.5. The lowest BCUT2D eigenvalue weighted by Gasteiger charge is -2.38. The van der Waals surface area contributed by atoms with Gasteiger partial charge in [-0.1, -0.05) is 0 Å². The molecule has 13 heteroatoms. The highest BCUT2D eigenvalue weighted by Crippen LogP contribution is 2.47. The summed E-state index contributed by atoms with van der Waals surface area (Å²) in [5.41, 5.74) is -3.09. The minimum Gasteiger partial charge on any atom is -0.508 e. The molecule has 2 aromatic carbocycles. The van der Waals surface area contributed by atoms with Gasteiger partial charge in [0.15, 0.2) is 5.82 Å². The van der Waals surface area contributed by atoms with Crippen molar-refractivity contribution in [2.24, 2.45) is 5.41 Å². The molecule has 222 valence electrons. The first-order chi connectivity index (χ1) is 19.2. The van der Waals surface area contributed by atoms with E-state index in [1.165, 1.54) is 0 Å². The first-order valence-electron chi connectivity index (χ1n) is 13.2. The highest BCUT2D eigenvalue weighted by molar-refractivity contribution is 5.94. The first-order valence-corrected chi connectivity index (χ1v) is 13.2. The SMILES string of the molecule is CN(C)CC1(COc2nc(N3CCCC(C)(O)C3)c3cc(F)c(-c4cc(O)ccc4OC(F)(F)F)c(F)c3n2)CC1. The van der Waals surface area contributed by atoms with E-state index in [9.17, 15) is 23.4 Å². The number of benzene rings is 2. The summed E-state index contributed by atoms with van der Waals surface area (Å²) < 4.78 is 81.1. The fraction of sp³-hybridized carbons (Fsp3) is 0.500. The predicted molar refractivity (Wildman–Crippen MR) is 141 cm³/mol. The Kier molecular flexibility index (Phi) is 7.39. The third-order valence-corrected chi connectivity index (χ3v) is 7.39. The fourth-order valence-corrected chi connectivity index (χ4v) is 5.45. The van der Waals surface area contributed by atoms with Crippen LogP contribution in [0.25, 0.3) is 22.0 Å². The van der Waals surface area contributed by atoms with Crippen molar-refractivity contribution in [3.05, 3.63) is 35.9 Å². The van der Waals surface area contributed by atoms with Crippen molar-refractivity contribution in [2.45, 2.75) is 44.6 Å². The summed E-state index contributed by atoms with van der Waals surface area (Å²) >= 11 is 0. The van der Waals surface area contributed by atoms with Gasteiger partial charge in [-0.3, -0.25) is 0 Å². The number of halogens is 5. The smallest absolute Gasteiger partial charge is 0.508 e. The predicted octanol–water partition coefficient (Wildman–Crippen LogP) is 5.25. The van der Waals surface area contributed by atoms with Gasteiger partial charge < -0.3 is 29.5 Å². The van der Waals surface area contributed by atoms with Crippen LogP contribution >= 0.6 is 0 Å². The number of aromatic hydroxyl groups is 1. The minimum absolute atomic E-state index is 0.0401. The molecule has 1 saturated heterocycles. The zero-order valence-corrected chi connectivity index (χ0v) is 22.9. The molecule has 2 aliphatic rings. The van der Waals surface area contributed by atoms with Crippen LogP contribution in [0.5, 0.6) is 17.5 Å². The number of aromatic nitrogens is 2. The van der Waals surface area contributed by atoms with E-state index in [0.717, 1.165) is 43.7 Å². The maximum Gasteiger partial charge on any atom is 0.573 e. The molecule has 2 fully saturated rings. The molecule has 8 nitrogen and oxygen atoms in total. The van der Waals surface area contributed by atoms with Crippen molar-refractivity contribution in [1.29, 1.82) is 0 Å². The number of hydrogen-bond donors (Lipinski definition) is 2. The number of nitrogens with zero attached hydrogens (tertiary/aromatic N) is 4. The van der Waals surface area contributed by atoms with Crippen molar-refractivity contribution < 1.29 is 41.6 Å². The molecular formula is C28H31F5N4O4. The highest BCUT2D eigenvalue weighted by atomic mass is 19.4. The van der Waals surface area contributed by atoms with Crippen molar-refractivity contribution in [1.82, 2.24) is 14.9 Å². The second-order valence-corrected chi connectivity index (χ2v) is 11.6. The number of rotatable bonds is 8. The molecule has 1 aliphatic heterocycles. The van der Waals surface area contributed by atoms with Crippen LogP contribution in [0.3, 0.4) is 0 Å². The number of aliphatic hydroxyl groups is 1. The highest BCUT2D eigenvalue weighted by Gasteiger charge is 2.44. The Morgan fingerprint density at radius 1 is 1.10 bits per heavy atom. The number of fused-ring (bicyclic) bond motifs is 1. The van der Waals surface area contributed by atoms with Gasteiger partial charge in [-0.2, -0.15) is 9.97 Å². The van der Waals surface area contributed by atoms with Crippen molar-refractivity contribution >= 4 is 16.7 Å². The Labute approximate surface area is 233 Å².